The molecule has 1 aliphatic rings. The van der Waals surface area contributed by atoms with Crippen molar-refractivity contribution in [2.45, 2.75) is 19.4 Å². The van der Waals surface area contributed by atoms with E-state index in [0.717, 1.165) is 50.6 Å². The molecule has 0 amide bonds. The Morgan fingerprint density at radius 1 is 1.19 bits per heavy atom. The monoisotopic (exact) mass is 287 g/mol. The first-order valence-corrected chi connectivity index (χ1v) is 7.38. The van der Waals surface area contributed by atoms with E-state index in [1.54, 1.807) is 0 Å². The molecular weight excluding hydrogens is 266 g/mol. The van der Waals surface area contributed by atoms with Crippen LogP contribution in [-0.4, -0.2) is 29.5 Å². The van der Waals surface area contributed by atoms with Crippen molar-refractivity contribution in [2.75, 3.05) is 19.8 Å². The van der Waals surface area contributed by atoms with Crippen LogP contribution in [0, 0.1) is 0 Å². The van der Waals surface area contributed by atoms with Gasteiger partial charge >= 0.3 is 0 Å². The lowest BCUT2D eigenvalue weighted by molar-refractivity contribution is 0.297. The standard InChI is InChI=1S/C16H21N3O2/c1-19-12-14(11-18-19)5-6-17-10-13-3-4-15-16(9-13)21-8-2-7-20-15/h3-4,9,11-12,17H,2,5-8,10H2,1H3. The second-order valence-electron chi connectivity index (χ2n) is 5.28. The summed E-state index contributed by atoms with van der Waals surface area (Å²) in [6.07, 6.45) is 5.89. The minimum absolute atomic E-state index is 0.727. The van der Waals surface area contributed by atoms with Crippen LogP contribution in [0.3, 0.4) is 0 Å². The van der Waals surface area contributed by atoms with Crippen LogP contribution in [0.5, 0.6) is 11.5 Å². The molecule has 0 atom stereocenters. The number of hydrogen-bond donors (Lipinski definition) is 1. The average molecular weight is 287 g/mol. The summed E-state index contributed by atoms with van der Waals surface area (Å²) < 4.78 is 13.2. The van der Waals surface area contributed by atoms with E-state index in [1.165, 1.54) is 11.1 Å². The zero-order valence-electron chi connectivity index (χ0n) is 12.3. The van der Waals surface area contributed by atoms with Crippen LogP contribution < -0.4 is 14.8 Å². The van der Waals surface area contributed by atoms with Crippen LogP contribution >= 0.6 is 0 Å². The first kappa shape index (κ1) is 13.9. The normalized spacial score (nSPS) is 14.0. The molecule has 0 saturated carbocycles. The van der Waals surface area contributed by atoms with Crippen molar-refractivity contribution in [3.63, 3.8) is 0 Å². The van der Waals surface area contributed by atoms with Crippen molar-refractivity contribution in [1.29, 1.82) is 0 Å². The highest BCUT2D eigenvalue weighted by atomic mass is 16.5. The van der Waals surface area contributed by atoms with Gasteiger partial charge in [-0.1, -0.05) is 6.07 Å². The van der Waals surface area contributed by atoms with Crippen molar-refractivity contribution < 1.29 is 9.47 Å². The third-order valence-corrected chi connectivity index (χ3v) is 3.49. The lowest BCUT2D eigenvalue weighted by Gasteiger charge is -2.10. The maximum Gasteiger partial charge on any atom is 0.161 e. The number of aromatic nitrogens is 2. The number of fused-ring (bicyclic) bond motifs is 1. The first-order valence-electron chi connectivity index (χ1n) is 7.38. The number of hydrogen-bond acceptors (Lipinski definition) is 4. The van der Waals surface area contributed by atoms with E-state index in [-0.39, 0.29) is 0 Å². The van der Waals surface area contributed by atoms with Crippen molar-refractivity contribution in [2.24, 2.45) is 7.05 Å². The maximum atomic E-state index is 5.70. The summed E-state index contributed by atoms with van der Waals surface area (Å²) in [5.74, 6) is 1.71. The third kappa shape index (κ3) is 3.76. The molecule has 21 heavy (non-hydrogen) atoms. The molecule has 1 aromatic carbocycles. The molecule has 0 radical (unpaired) electrons. The van der Waals surface area contributed by atoms with Gasteiger partial charge in [0.1, 0.15) is 0 Å². The van der Waals surface area contributed by atoms with E-state index in [4.69, 9.17) is 9.47 Å². The molecule has 0 saturated heterocycles. The van der Waals surface area contributed by atoms with E-state index in [9.17, 15) is 0 Å². The highest BCUT2D eigenvalue weighted by Gasteiger charge is 2.10. The van der Waals surface area contributed by atoms with Gasteiger partial charge in [0.15, 0.2) is 11.5 Å². The fraction of sp³-hybridized carbons (Fsp3) is 0.438. The molecule has 5 nitrogen and oxygen atoms in total. The molecule has 0 spiro atoms. The molecule has 2 aromatic rings. The fourth-order valence-electron chi connectivity index (χ4n) is 2.38. The van der Waals surface area contributed by atoms with Crippen molar-refractivity contribution in [3.8, 4) is 11.5 Å². The average Bonchev–Trinajstić information content (AvgIpc) is 2.76. The van der Waals surface area contributed by atoms with Gasteiger partial charge < -0.3 is 14.8 Å². The zero-order chi connectivity index (χ0) is 14.5. The number of rotatable bonds is 5. The van der Waals surface area contributed by atoms with Gasteiger partial charge in [0.2, 0.25) is 0 Å². The Bertz CT molecular complexity index is 595. The lowest BCUT2D eigenvalue weighted by atomic mass is 10.2. The Kier molecular flexibility index (Phi) is 4.40. The highest BCUT2D eigenvalue weighted by Crippen LogP contribution is 2.30. The molecule has 0 aliphatic carbocycles. The number of ether oxygens (including phenoxy) is 2. The molecule has 0 unspecified atom stereocenters. The molecule has 1 aromatic heterocycles. The number of nitrogens with zero attached hydrogens (tertiary/aromatic N) is 2. The predicted molar refractivity (Wildman–Crippen MR) is 80.7 cm³/mol. The fourth-order valence-corrected chi connectivity index (χ4v) is 2.38. The van der Waals surface area contributed by atoms with E-state index in [0.29, 0.717) is 0 Å². The van der Waals surface area contributed by atoms with Gasteiger partial charge in [0.25, 0.3) is 0 Å². The third-order valence-electron chi connectivity index (χ3n) is 3.49. The van der Waals surface area contributed by atoms with E-state index >= 15 is 0 Å². The quantitative estimate of drug-likeness (QED) is 0.854. The van der Waals surface area contributed by atoms with Gasteiger partial charge in [-0.25, -0.2) is 0 Å². The van der Waals surface area contributed by atoms with Crippen LogP contribution in [0.15, 0.2) is 30.6 Å². The SMILES string of the molecule is Cn1cc(CCNCc2ccc3c(c2)OCCCO3)cn1. The van der Waals surface area contributed by atoms with Crippen LogP contribution in [0.1, 0.15) is 17.5 Å². The van der Waals surface area contributed by atoms with Gasteiger partial charge in [-0.3, -0.25) is 4.68 Å². The molecule has 0 bridgehead atoms. The van der Waals surface area contributed by atoms with Gasteiger partial charge in [0.05, 0.1) is 19.4 Å². The van der Waals surface area contributed by atoms with Crippen LogP contribution in [-0.2, 0) is 20.0 Å². The Hall–Kier alpha value is -2.01. The molecule has 3 rings (SSSR count). The van der Waals surface area contributed by atoms with E-state index < -0.39 is 0 Å². The molecule has 1 aliphatic heterocycles. The van der Waals surface area contributed by atoms with Gasteiger partial charge in [-0.2, -0.15) is 5.10 Å². The molecule has 2 heterocycles. The van der Waals surface area contributed by atoms with Crippen LogP contribution in [0.2, 0.25) is 0 Å². The highest BCUT2D eigenvalue weighted by molar-refractivity contribution is 5.43. The number of benzene rings is 1. The van der Waals surface area contributed by atoms with Crippen LogP contribution in [0.4, 0.5) is 0 Å². The minimum Gasteiger partial charge on any atom is -0.490 e. The molecule has 112 valence electrons. The summed E-state index contributed by atoms with van der Waals surface area (Å²) in [7, 11) is 1.94. The first-order chi connectivity index (χ1) is 10.3. The largest absolute Gasteiger partial charge is 0.490 e. The Labute approximate surface area is 124 Å². The Morgan fingerprint density at radius 2 is 2.05 bits per heavy atom. The van der Waals surface area contributed by atoms with E-state index in [1.807, 2.05) is 24.0 Å². The zero-order valence-corrected chi connectivity index (χ0v) is 12.3. The summed E-state index contributed by atoms with van der Waals surface area (Å²) >= 11 is 0. The molecule has 1 N–H and O–H groups in total. The number of nitrogens with one attached hydrogen (secondary N) is 1. The Balaban J connectivity index is 1.50. The van der Waals surface area contributed by atoms with Gasteiger partial charge in [-0.05, 0) is 36.2 Å². The van der Waals surface area contributed by atoms with Gasteiger partial charge in [-0.15, -0.1) is 0 Å². The van der Waals surface area contributed by atoms with Gasteiger partial charge in [0, 0.05) is 26.2 Å². The maximum absolute atomic E-state index is 5.70. The molecular formula is C16H21N3O2. The lowest BCUT2D eigenvalue weighted by Crippen LogP contribution is -2.16. The Morgan fingerprint density at radius 3 is 2.86 bits per heavy atom. The topological polar surface area (TPSA) is 48.3 Å². The summed E-state index contributed by atoms with van der Waals surface area (Å²) in [6.45, 7) is 3.22. The van der Waals surface area contributed by atoms with Crippen molar-refractivity contribution in [3.05, 3.63) is 41.7 Å². The second-order valence-corrected chi connectivity index (χ2v) is 5.28. The predicted octanol–water partition coefficient (Wildman–Crippen LogP) is 1.91. The number of aryl methyl sites for hydroxylation is 1. The van der Waals surface area contributed by atoms with Crippen molar-refractivity contribution >= 4 is 0 Å². The molecule has 5 heteroatoms. The second kappa shape index (κ2) is 6.63. The smallest absolute Gasteiger partial charge is 0.161 e. The van der Waals surface area contributed by atoms with E-state index in [2.05, 4.69) is 28.7 Å². The van der Waals surface area contributed by atoms with Crippen molar-refractivity contribution in [1.82, 2.24) is 15.1 Å². The summed E-state index contributed by atoms with van der Waals surface area (Å²) in [5.41, 5.74) is 2.47. The molecule has 0 fully saturated rings. The summed E-state index contributed by atoms with van der Waals surface area (Å²) in [4.78, 5) is 0. The summed E-state index contributed by atoms with van der Waals surface area (Å²) in [5, 5.41) is 7.62. The summed E-state index contributed by atoms with van der Waals surface area (Å²) in [6, 6.07) is 6.15. The minimum atomic E-state index is 0.727. The van der Waals surface area contributed by atoms with Crippen LogP contribution in [0.25, 0.3) is 0 Å².